The molecule has 3 rings (SSSR count). The van der Waals surface area contributed by atoms with Crippen LogP contribution >= 0.6 is 22.9 Å². The predicted molar refractivity (Wildman–Crippen MR) is 108 cm³/mol. The number of thiazole rings is 1. The van der Waals surface area contributed by atoms with E-state index in [1.807, 2.05) is 36.1 Å². The Bertz CT molecular complexity index is 1090. The maximum Gasteiger partial charge on any atom is 0.230 e. The van der Waals surface area contributed by atoms with E-state index >= 15 is 0 Å². The van der Waals surface area contributed by atoms with Crippen LogP contribution in [-0.4, -0.2) is 10.5 Å². The molecule has 0 radical (unpaired) electrons. The van der Waals surface area contributed by atoms with Crippen LogP contribution in [0.25, 0.3) is 0 Å². The van der Waals surface area contributed by atoms with Gasteiger partial charge in [0, 0.05) is 28.8 Å². The van der Waals surface area contributed by atoms with Gasteiger partial charge in [0.1, 0.15) is 0 Å². The first-order valence-electron chi connectivity index (χ1n) is 8.20. The second kappa shape index (κ2) is 8.21. The molecule has 136 valence electrons. The summed E-state index contributed by atoms with van der Waals surface area (Å²) in [6.45, 7) is 1.91. The SMILES string of the molecule is Cc1ccc(NC(=O)Cc2csc(=Nc3ccc(C#N)cc3)n2C)cc1Cl. The molecule has 0 aliphatic rings. The summed E-state index contributed by atoms with van der Waals surface area (Å²) in [5, 5.41) is 14.3. The number of aromatic nitrogens is 1. The Balaban J connectivity index is 1.74. The Labute approximate surface area is 166 Å². The molecule has 7 heteroatoms. The average molecular weight is 397 g/mol. The van der Waals surface area contributed by atoms with E-state index in [9.17, 15) is 4.79 Å². The minimum atomic E-state index is -0.117. The van der Waals surface area contributed by atoms with Gasteiger partial charge in [0.2, 0.25) is 5.91 Å². The lowest BCUT2D eigenvalue weighted by molar-refractivity contribution is -0.115. The topological polar surface area (TPSA) is 70.2 Å². The van der Waals surface area contributed by atoms with Crippen molar-refractivity contribution in [3.05, 3.63) is 74.5 Å². The van der Waals surface area contributed by atoms with Crippen molar-refractivity contribution in [2.75, 3.05) is 5.32 Å². The van der Waals surface area contributed by atoms with Crippen LogP contribution in [0.5, 0.6) is 0 Å². The average Bonchev–Trinajstić information content (AvgIpc) is 2.99. The molecular weight excluding hydrogens is 380 g/mol. The fourth-order valence-electron chi connectivity index (χ4n) is 2.42. The number of nitriles is 1. The van der Waals surface area contributed by atoms with Crippen LogP contribution in [0, 0.1) is 18.3 Å². The number of rotatable bonds is 4. The molecule has 0 saturated carbocycles. The molecule has 0 spiro atoms. The van der Waals surface area contributed by atoms with Gasteiger partial charge in [-0.15, -0.1) is 11.3 Å². The monoisotopic (exact) mass is 396 g/mol. The number of carbonyl (C=O) groups excluding carboxylic acids is 1. The van der Waals surface area contributed by atoms with E-state index in [1.165, 1.54) is 11.3 Å². The van der Waals surface area contributed by atoms with Crippen LogP contribution in [0.1, 0.15) is 16.8 Å². The van der Waals surface area contributed by atoms with Crippen molar-refractivity contribution in [2.45, 2.75) is 13.3 Å². The highest BCUT2D eigenvalue weighted by molar-refractivity contribution is 7.07. The number of amides is 1. The van der Waals surface area contributed by atoms with Gasteiger partial charge in [-0.3, -0.25) is 4.79 Å². The van der Waals surface area contributed by atoms with Crippen molar-refractivity contribution in [1.82, 2.24) is 4.57 Å². The van der Waals surface area contributed by atoms with Crippen molar-refractivity contribution in [3.63, 3.8) is 0 Å². The summed E-state index contributed by atoms with van der Waals surface area (Å²) in [4.78, 5) is 17.7. The molecular formula is C20H17ClN4OS. The Morgan fingerprint density at radius 2 is 2.04 bits per heavy atom. The lowest BCUT2D eigenvalue weighted by Gasteiger charge is -2.07. The Hall–Kier alpha value is -2.88. The van der Waals surface area contributed by atoms with Crippen molar-refractivity contribution in [2.24, 2.45) is 12.0 Å². The molecule has 1 aromatic heterocycles. The molecule has 5 nitrogen and oxygen atoms in total. The fourth-order valence-corrected chi connectivity index (χ4v) is 3.52. The van der Waals surface area contributed by atoms with Crippen LogP contribution in [0.15, 0.2) is 52.8 Å². The molecule has 0 unspecified atom stereocenters. The van der Waals surface area contributed by atoms with E-state index in [4.69, 9.17) is 16.9 Å². The number of hydrogen-bond donors (Lipinski definition) is 1. The number of aryl methyl sites for hydroxylation is 1. The summed E-state index contributed by atoms with van der Waals surface area (Å²) in [6, 6.07) is 14.6. The highest BCUT2D eigenvalue weighted by Crippen LogP contribution is 2.20. The predicted octanol–water partition coefficient (Wildman–Crippen LogP) is 4.33. The third kappa shape index (κ3) is 4.64. The Kier molecular flexibility index (Phi) is 5.75. The smallest absolute Gasteiger partial charge is 0.230 e. The summed E-state index contributed by atoms with van der Waals surface area (Å²) in [6.07, 6.45) is 0.237. The van der Waals surface area contributed by atoms with E-state index in [0.29, 0.717) is 16.3 Å². The Morgan fingerprint density at radius 3 is 2.70 bits per heavy atom. The quantitative estimate of drug-likeness (QED) is 0.712. The number of nitrogens with zero attached hydrogens (tertiary/aromatic N) is 3. The summed E-state index contributed by atoms with van der Waals surface area (Å²) in [5.74, 6) is -0.117. The summed E-state index contributed by atoms with van der Waals surface area (Å²) < 4.78 is 1.89. The zero-order chi connectivity index (χ0) is 19.4. The minimum Gasteiger partial charge on any atom is -0.326 e. The molecule has 0 atom stereocenters. The van der Waals surface area contributed by atoms with Crippen LogP contribution in [-0.2, 0) is 18.3 Å². The fraction of sp³-hybridized carbons (Fsp3) is 0.150. The van der Waals surface area contributed by atoms with Crippen LogP contribution < -0.4 is 10.1 Å². The molecule has 0 fully saturated rings. The largest absolute Gasteiger partial charge is 0.326 e. The first-order chi connectivity index (χ1) is 13.0. The highest BCUT2D eigenvalue weighted by Gasteiger charge is 2.09. The number of hydrogen-bond acceptors (Lipinski definition) is 4. The van der Waals surface area contributed by atoms with Gasteiger partial charge in [0.15, 0.2) is 4.80 Å². The molecule has 1 heterocycles. The number of carbonyl (C=O) groups is 1. The van der Waals surface area contributed by atoms with Crippen molar-refractivity contribution < 1.29 is 4.79 Å². The maximum atomic E-state index is 12.3. The standard InChI is InChI=1S/C20H17ClN4OS/c1-13-3-6-16(9-18(13)21)23-19(26)10-17-12-27-20(25(17)2)24-15-7-4-14(11-22)5-8-15/h3-9,12H,10H2,1-2H3,(H,23,26). The second-order valence-electron chi connectivity index (χ2n) is 6.03. The molecule has 27 heavy (non-hydrogen) atoms. The van der Waals surface area contributed by atoms with Gasteiger partial charge in [0.25, 0.3) is 0 Å². The zero-order valence-corrected chi connectivity index (χ0v) is 16.4. The minimum absolute atomic E-state index is 0.117. The molecule has 1 N–H and O–H groups in total. The van der Waals surface area contributed by atoms with Gasteiger partial charge in [0.05, 0.1) is 23.7 Å². The number of nitrogens with one attached hydrogen (secondary N) is 1. The molecule has 0 saturated heterocycles. The van der Waals surface area contributed by atoms with Crippen molar-refractivity contribution in [3.8, 4) is 6.07 Å². The van der Waals surface area contributed by atoms with E-state index in [-0.39, 0.29) is 12.3 Å². The van der Waals surface area contributed by atoms with Gasteiger partial charge in [-0.1, -0.05) is 17.7 Å². The zero-order valence-electron chi connectivity index (χ0n) is 14.9. The molecule has 1 amide bonds. The maximum absolute atomic E-state index is 12.3. The molecule has 0 bridgehead atoms. The highest BCUT2D eigenvalue weighted by atomic mass is 35.5. The van der Waals surface area contributed by atoms with Gasteiger partial charge in [-0.05, 0) is 48.9 Å². The first-order valence-corrected chi connectivity index (χ1v) is 9.46. The number of benzene rings is 2. The Morgan fingerprint density at radius 1 is 1.30 bits per heavy atom. The normalized spacial score (nSPS) is 11.3. The lowest BCUT2D eigenvalue weighted by atomic mass is 10.2. The van der Waals surface area contributed by atoms with Crippen molar-refractivity contribution >= 4 is 40.2 Å². The van der Waals surface area contributed by atoms with E-state index in [2.05, 4.69) is 16.4 Å². The van der Waals surface area contributed by atoms with Crippen molar-refractivity contribution in [1.29, 1.82) is 5.26 Å². The molecule has 0 aliphatic heterocycles. The second-order valence-corrected chi connectivity index (χ2v) is 7.27. The number of halogens is 1. The number of anilines is 1. The van der Waals surface area contributed by atoms with Crippen LogP contribution in [0.4, 0.5) is 11.4 Å². The van der Waals surface area contributed by atoms with Crippen LogP contribution in [0.3, 0.4) is 0 Å². The lowest BCUT2D eigenvalue weighted by Crippen LogP contribution is -2.19. The van der Waals surface area contributed by atoms with Gasteiger partial charge >= 0.3 is 0 Å². The third-order valence-corrected chi connectivity index (χ3v) is 5.41. The molecule has 0 aliphatic carbocycles. The van der Waals surface area contributed by atoms with E-state index in [1.54, 1.807) is 30.3 Å². The molecule has 2 aromatic carbocycles. The van der Waals surface area contributed by atoms with Gasteiger partial charge in [-0.25, -0.2) is 4.99 Å². The van der Waals surface area contributed by atoms with E-state index in [0.717, 1.165) is 21.7 Å². The van der Waals surface area contributed by atoms with E-state index < -0.39 is 0 Å². The summed E-state index contributed by atoms with van der Waals surface area (Å²) >= 11 is 7.56. The van der Waals surface area contributed by atoms with Gasteiger partial charge < -0.3 is 9.88 Å². The first kappa shape index (κ1) is 18.9. The van der Waals surface area contributed by atoms with Gasteiger partial charge in [-0.2, -0.15) is 5.26 Å². The summed E-state index contributed by atoms with van der Waals surface area (Å²) in [5.41, 5.74) is 3.86. The summed E-state index contributed by atoms with van der Waals surface area (Å²) in [7, 11) is 1.88. The van der Waals surface area contributed by atoms with Crippen LogP contribution in [0.2, 0.25) is 5.02 Å². The molecule has 3 aromatic rings. The third-order valence-electron chi connectivity index (χ3n) is 4.04.